The van der Waals surface area contributed by atoms with Crippen molar-refractivity contribution in [2.45, 2.75) is 38.3 Å². The molecule has 20 heavy (non-hydrogen) atoms. The van der Waals surface area contributed by atoms with Crippen molar-refractivity contribution in [3.05, 3.63) is 34.9 Å². The van der Waals surface area contributed by atoms with Gasteiger partial charge in [0.15, 0.2) is 0 Å². The van der Waals surface area contributed by atoms with Gasteiger partial charge < -0.3 is 10.6 Å². The highest BCUT2D eigenvalue weighted by Gasteiger charge is 2.27. The average molecular weight is 317 g/mol. The normalized spacial score (nSPS) is 21.4. The smallest absolute Gasteiger partial charge is 0.222 e. The van der Waals surface area contributed by atoms with Gasteiger partial charge in [-0.15, -0.1) is 12.4 Å². The third-order valence-corrected chi connectivity index (χ3v) is 4.12. The number of carbonyl (C=O) groups is 1. The molecule has 1 fully saturated rings. The van der Waals surface area contributed by atoms with Gasteiger partial charge in [0.05, 0.1) is 0 Å². The van der Waals surface area contributed by atoms with E-state index in [0.29, 0.717) is 23.9 Å². The van der Waals surface area contributed by atoms with Crippen LogP contribution in [0.2, 0.25) is 5.02 Å². The molecule has 0 unspecified atom stereocenters. The van der Waals surface area contributed by atoms with Crippen molar-refractivity contribution in [1.82, 2.24) is 4.90 Å². The molecule has 2 N–H and O–H groups in total. The molecule has 0 aliphatic heterocycles. The summed E-state index contributed by atoms with van der Waals surface area (Å²) in [5, 5.41) is 0.705. The second-order valence-electron chi connectivity index (χ2n) is 5.44. The van der Waals surface area contributed by atoms with Crippen molar-refractivity contribution in [2.24, 2.45) is 11.7 Å². The van der Waals surface area contributed by atoms with Gasteiger partial charge in [-0.25, -0.2) is 0 Å². The predicted octanol–water partition coefficient (Wildman–Crippen LogP) is 3.24. The summed E-state index contributed by atoms with van der Waals surface area (Å²) in [5.41, 5.74) is 7.07. The molecule has 1 saturated carbocycles. The van der Waals surface area contributed by atoms with Crippen molar-refractivity contribution < 1.29 is 4.79 Å². The van der Waals surface area contributed by atoms with Crippen molar-refractivity contribution >= 4 is 29.9 Å². The summed E-state index contributed by atoms with van der Waals surface area (Å²) in [5.74, 6) is 0.525. The SMILES string of the molecule is CN(Cc1cccc(Cl)c1)C(=O)C[C@@H]1CCC[C@H]1N.Cl. The first-order chi connectivity index (χ1) is 9.06. The van der Waals surface area contributed by atoms with Crippen molar-refractivity contribution in [2.75, 3.05) is 7.05 Å². The molecule has 1 aromatic rings. The van der Waals surface area contributed by atoms with Gasteiger partial charge in [-0.3, -0.25) is 4.79 Å². The van der Waals surface area contributed by atoms with E-state index in [2.05, 4.69) is 0 Å². The fraction of sp³-hybridized carbons (Fsp3) is 0.533. The zero-order valence-corrected chi connectivity index (χ0v) is 13.3. The maximum absolute atomic E-state index is 12.2. The Morgan fingerprint density at radius 3 is 2.80 bits per heavy atom. The molecule has 5 heteroatoms. The average Bonchev–Trinajstić information content (AvgIpc) is 2.75. The van der Waals surface area contributed by atoms with Gasteiger partial charge in [0.1, 0.15) is 0 Å². The van der Waals surface area contributed by atoms with Crippen LogP contribution in [0.3, 0.4) is 0 Å². The number of carbonyl (C=O) groups excluding carboxylic acids is 1. The molecule has 0 radical (unpaired) electrons. The van der Waals surface area contributed by atoms with Crippen LogP contribution >= 0.6 is 24.0 Å². The zero-order chi connectivity index (χ0) is 13.8. The van der Waals surface area contributed by atoms with Crippen LogP contribution in [0.25, 0.3) is 0 Å². The lowest BCUT2D eigenvalue weighted by atomic mass is 9.99. The van der Waals surface area contributed by atoms with E-state index >= 15 is 0 Å². The van der Waals surface area contributed by atoms with Crippen LogP contribution in [-0.2, 0) is 11.3 Å². The minimum absolute atomic E-state index is 0. The molecule has 2 atom stereocenters. The van der Waals surface area contributed by atoms with Crippen LogP contribution in [0, 0.1) is 5.92 Å². The Labute approximate surface area is 131 Å². The Balaban J connectivity index is 0.00000200. The quantitative estimate of drug-likeness (QED) is 0.927. The second-order valence-corrected chi connectivity index (χ2v) is 5.88. The number of halogens is 2. The van der Waals surface area contributed by atoms with E-state index in [1.54, 1.807) is 4.90 Å². The van der Waals surface area contributed by atoms with E-state index < -0.39 is 0 Å². The van der Waals surface area contributed by atoms with Crippen LogP contribution in [0.1, 0.15) is 31.2 Å². The van der Waals surface area contributed by atoms with Gasteiger partial charge in [-0.2, -0.15) is 0 Å². The highest BCUT2D eigenvalue weighted by Crippen LogP contribution is 2.27. The van der Waals surface area contributed by atoms with Crippen LogP contribution in [0.4, 0.5) is 0 Å². The maximum Gasteiger partial charge on any atom is 0.222 e. The minimum Gasteiger partial charge on any atom is -0.341 e. The fourth-order valence-electron chi connectivity index (χ4n) is 2.70. The molecule has 1 amide bonds. The standard InChI is InChI=1S/C15H21ClN2O.ClH/c1-18(10-11-4-2-6-13(16)8-11)15(19)9-12-5-3-7-14(12)17;/h2,4,6,8,12,14H,3,5,7,9-10,17H2,1H3;1H/t12-,14+;/m0./s1. The lowest BCUT2D eigenvalue weighted by molar-refractivity contribution is -0.131. The van der Waals surface area contributed by atoms with Crippen molar-refractivity contribution in [1.29, 1.82) is 0 Å². The van der Waals surface area contributed by atoms with Gasteiger partial charge in [0, 0.05) is 31.1 Å². The molecule has 2 rings (SSSR count). The number of nitrogens with two attached hydrogens (primary N) is 1. The zero-order valence-electron chi connectivity index (χ0n) is 11.7. The van der Waals surface area contributed by atoms with E-state index in [9.17, 15) is 4.79 Å². The molecule has 3 nitrogen and oxygen atoms in total. The van der Waals surface area contributed by atoms with Gasteiger partial charge >= 0.3 is 0 Å². The van der Waals surface area contributed by atoms with E-state index in [1.165, 1.54) is 0 Å². The summed E-state index contributed by atoms with van der Waals surface area (Å²) in [6.45, 7) is 0.599. The molecule has 0 bridgehead atoms. The lowest BCUT2D eigenvalue weighted by Crippen LogP contribution is -2.32. The lowest BCUT2D eigenvalue weighted by Gasteiger charge is -2.21. The van der Waals surface area contributed by atoms with Gasteiger partial charge in [-0.05, 0) is 36.5 Å². The van der Waals surface area contributed by atoms with Crippen LogP contribution in [0.15, 0.2) is 24.3 Å². The van der Waals surface area contributed by atoms with Crippen LogP contribution < -0.4 is 5.73 Å². The third-order valence-electron chi connectivity index (χ3n) is 3.89. The van der Waals surface area contributed by atoms with Gasteiger partial charge in [0.2, 0.25) is 5.91 Å². The molecule has 0 saturated heterocycles. The first kappa shape index (κ1) is 17.3. The highest BCUT2D eigenvalue weighted by molar-refractivity contribution is 6.30. The number of hydrogen-bond donors (Lipinski definition) is 1. The molecule has 112 valence electrons. The molecule has 0 spiro atoms. The number of benzene rings is 1. The van der Waals surface area contributed by atoms with Gasteiger partial charge in [-0.1, -0.05) is 30.2 Å². The topological polar surface area (TPSA) is 46.3 Å². The Morgan fingerprint density at radius 2 is 2.20 bits per heavy atom. The van der Waals surface area contributed by atoms with E-state index in [-0.39, 0.29) is 24.4 Å². The van der Waals surface area contributed by atoms with Crippen LogP contribution in [0.5, 0.6) is 0 Å². The van der Waals surface area contributed by atoms with Crippen molar-refractivity contribution in [3.63, 3.8) is 0 Å². The maximum atomic E-state index is 12.2. The molecule has 1 aromatic carbocycles. The Kier molecular flexibility index (Phi) is 6.80. The Hall–Kier alpha value is -0.770. The van der Waals surface area contributed by atoms with E-state index in [1.807, 2.05) is 31.3 Å². The molecule has 0 heterocycles. The summed E-state index contributed by atoms with van der Waals surface area (Å²) in [4.78, 5) is 13.9. The minimum atomic E-state index is 0. The monoisotopic (exact) mass is 316 g/mol. The highest BCUT2D eigenvalue weighted by atomic mass is 35.5. The number of hydrogen-bond acceptors (Lipinski definition) is 2. The summed E-state index contributed by atoms with van der Waals surface area (Å²) < 4.78 is 0. The molecular weight excluding hydrogens is 295 g/mol. The summed E-state index contributed by atoms with van der Waals surface area (Å²) >= 11 is 5.94. The molecule has 1 aliphatic rings. The molecule has 1 aliphatic carbocycles. The largest absolute Gasteiger partial charge is 0.341 e. The van der Waals surface area contributed by atoms with E-state index in [0.717, 1.165) is 24.8 Å². The number of amides is 1. The number of nitrogens with zero attached hydrogens (tertiary/aromatic N) is 1. The number of rotatable bonds is 4. The summed E-state index contributed by atoms with van der Waals surface area (Å²) in [6.07, 6.45) is 3.85. The predicted molar refractivity (Wildman–Crippen MR) is 85.1 cm³/mol. The Bertz CT molecular complexity index is 453. The first-order valence-corrected chi connectivity index (χ1v) is 7.18. The second kappa shape index (κ2) is 7.87. The molecular formula is C15H22Cl2N2O. The van der Waals surface area contributed by atoms with E-state index in [4.69, 9.17) is 17.3 Å². The fourth-order valence-corrected chi connectivity index (χ4v) is 2.91. The molecule has 0 aromatic heterocycles. The first-order valence-electron chi connectivity index (χ1n) is 6.80. The Morgan fingerprint density at radius 1 is 1.45 bits per heavy atom. The summed E-state index contributed by atoms with van der Waals surface area (Å²) in [6, 6.07) is 7.82. The van der Waals surface area contributed by atoms with Crippen molar-refractivity contribution in [3.8, 4) is 0 Å². The third kappa shape index (κ3) is 4.65. The van der Waals surface area contributed by atoms with Gasteiger partial charge in [0.25, 0.3) is 0 Å². The van der Waals surface area contributed by atoms with Crippen LogP contribution in [-0.4, -0.2) is 23.9 Å². The summed E-state index contributed by atoms with van der Waals surface area (Å²) in [7, 11) is 1.84.